The molecular formula is C11H9NS. The molecule has 13 heavy (non-hydrogen) atoms. The second-order valence-electron chi connectivity index (χ2n) is 2.64. The quantitative estimate of drug-likeness (QED) is 0.701. The summed E-state index contributed by atoms with van der Waals surface area (Å²) in [6.07, 6.45) is 1.77. The lowest BCUT2D eigenvalue weighted by molar-refractivity contribution is 1.38. The van der Waals surface area contributed by atoms with Crippen molar-refractivity contribution in [1.29, 1.82) is 0 Å². The maximum atomic E-state index is 4.40. The van der Waals surface area contributed by atoms with Crippen LogP contribution in [0.1, 0.15) is 5.01 Å². The van der Waals surface area contributed by atoms with Crippen LogP contribution in [0.15, 0.2) is 42.3 Å². The molecule has 0 aliphatic heterocycles. The molecule has 0 aliphatic rings. The summed E-state index contributed by atoms with van der Waals surface area (Å²) >= 11 is 1.62. The minimum atomic E-state index is 0.971. The number of hydrogen-bond donors (Lipinski definition) is 0. The second kappa shape index (κ2) is 3.54. The molecule has 0 atom stereocenters. The van der Waals surface area contributed by atoms with Gasteiger partial charge in [0.15, 0.2) is 0 Å². The van der Waals surface area contributed by atoms with Crippen LogP contribution in [0.3, 0.4) is 0 Å². The molecule has 2 rings (SSSR count). The Morgan fingerprint density at radius 1 is 1.23 bits per heavy atom. The highest BCUT2D eigenvalue weighted by Crippen LogP contribution is 2.21. The van der Waals surface area contributed by atoms with Crippen molar-refractivity contribution in [2.45, 2.75) is 0 Å². The van der Waals surface area contributed by atoms with Gasteiger partial charge in [-0.25, -0.2) is 4.98 Å². The first kappa shape index (κ1) is 8.20. The fourth-order valence-corrected chi connectivity index (χ4v) is 1.79. The predicted octanol–water partition coefficient (Wildman–Crippen LogP) is 3.45. The highest BCUT2D eigenvalue weighted by atomic mass is 32.1. The molecule has 64 valence electrons. The smallest absolute Gasteiger partial charge is 0.116 e. The standard InChI is InChI=1S/C11H9NS/c1-2-11-12-10(8-13-11)9-6-4-3-5-7-9/h2-8H,1H2. The van der Waals surface area contributed by atoms with Crippen LogP contribution in [0.5, 0.6) is 0 Å². The zero-order valence-corrected chi connectivity index (χ0v) is 7.92. The van der Waals surface area contributed by atoms with E-state index in [1.807, 2.05) is 23.6 Å². The Balaban J connectivity index is 2.41. The molecule has 0 spiro atoms. The number of thiazole rings is 1. The van der Waals surface area contributed by atoms with Crippen LogP contribution in [0, 0.1) is 0 Å². The van der Waals surface area contributed by atoms with Crippen LogP contribution in [0.4, 0.5) is 0 Å². The van der Waals surface area contributed by atoms with Gasteiger partial charge in [0.2, 0.25) is 0 Å². The van der Waals surface area contributed by atoms with E-state index in [9.17, 15) is 0 Å². The van der Waals surface area contributed by atoms with Gasteiger partial charge in [0, 0.05) is 10.9 Å². The Bertz CT molecular complexity index is 403. The van der Waals surface area contributed by atoms with Crippen molar-refractivity contribution >= 4 is 17.4 Å². The lowest BCUT2D eigenvalue weighted by Gasteiger charge is -1.92. The van der Waals surface area contributed by atoms with Crippen molar-refractivity contribution in [1.82, 2.24) is 4.98 Å². The molecule has 1 heterocycles. The van der Waals surface area contributed by atoms with Gasteiger partial charge in [-0.2, -0.15) is 0 Å². The molecule has 2 aromatic rings. The van der Waals surface area contributed by atoms with Crippen molar-refractivity contribution in [3.05, 3.63) is 47.3 Å². The van der Waals surface area contributed by atoms with Gasteiger partial charge >= 0.3 is 0 Å². The van der Waals surface area contributed by atoms with Crippen LogP contribution >= 0.6 is 11.3 Å². The molecule has 0 amide bonds. The van der Waals surface area contributed by atoms with Crippen molar-refractivity contribution in [2.24, 2.45) is 0 Å². The summed E-state index contributed by atoms with van der Waals surface area (Å²) in [4.78, 5) is 4.40. The third kappa shape index (κ3) is 1.68. The predicted molar refractivity (Wildman–Crippen MR) is 57.6 cm³/mol. The average molecular weight is 187 g/mol. The molecule has 2 heteroatoms. The molecule has 0 saturated carbocycles. The number of benzene rings is 1. The Morgan fingerprint density at radius 3 is 2.62 bits per heavy atom. The molecule has 0 N–H and O–H groups in total. The van der Waals surface area contributed by atoms with Gasteiger partial charge in [-0.15, -0.1) is 11.3 Å². The molecular weight excluding hydrogens is 178 g/mol. The van der Waals surface area contributed by atoms with Crippen LogP contribution in [0.25, 0.3) is 17.3 Å². The molecule has 0 aliphatic carbocycles. The zero-order chi connectivity index (χ0) is 9.10. The number of rotatable bonds is 2. The van der Waals surface area contributed by atoms with Crippen LogP contribution in [-0.2, 0) is 0 Å². The van der Waals surface area contributed by atoms with Crippen molar-refractivity contribution in [3.63, 3.8) is 0 Å². The van der Waals surface area contributed by atoms with E-state index < -0.39 is 0 Å². The third-order valence-corrected chi connectivity index (χ3v) is 2.61. The first-order valence-electron chi connectivity index (χ1n) is 4.03. The van der Waals surface area contributed by atoms with E-state index in [0.29, 0.717) is 0 Å². The summed E-state index contributed by atoms with van der Waals surface area (Å²) in [5, 5.41) is 3.02. The first-order valence-corrected chi connectivity index (χ1v) is 4.91. The molecule has 0 bridgehead atoms. The van der Waals surface area contributed by atoms with Crippen LogP contribution in [0.2, 0.25) is 0 Å². The molecule has 1 aromatic heterocycles. The van der Waals surface area contributed by atoms with Gasteiger partial charge < -0.3 is 0 Å². The SMILES string of the molecule is C=Cc1nc(-c2ccccc2)cs1. The maximum Gasteiger partial charge on any atom is 0.116 e. The third-order valence-electron chi connectivity index (χ3n) is 1.77. The van der Waals surface area contributed by atoms with E-state index in [1.54, 1.807) is 17.4 Å². The molecule has 0 radical (unpaired) electrons. The Labute approximate surface area is 81.4 Å². The minimum Gasteiger partial charge on any atom is -0.237 e. The molecule has 1 nitrogen and oxygen atoms in total. The summed E-state index contributed by atoms with van der Waals surface area (Å²) in [6, 6.07) is 10.2. The number of aromatic nitrogens is 1. The van der Waals surface area contributed by atoms with Gasteiger partial charge in [0.1, 0.15) is 5.01 Å². The summed E-state index contributed by atoms with van der Waals surface area (Å²) < 4.78 is 0. The fourth-order valence-electron chi connectivity index (χ4n) is 1.12. The number of hydrogen-bond acceptors (Lipinski definition) is 2. The van der Waals surface area contributed by atoms with Gasteiger partial charge in [-0.05, 0) is 6.08 Å². The molecule has 0 saturated heterocycles. The Morgan fingerprint density at radius 2 is 2.00 bits per heavy atom. The summed E-state index contributed by atoms with van der Waals surface area (Å²) in [5.41, 5.74) is 2.19. The van der Waals surface area contributed by atoms with E-state index >= 15 is 0 Å². The van der Waals surface area contributed by atoms with Gasteiger partial charge in [-0.3, -0.25) is 0 Å². The lowest BCUT2D eigenvalue weighted by Crippen LogP contribution is -1.75. The van der Waals surface area contributed by atoms with Gasteiger partial charge in [0.25, 0.3) is 0 Å². The highest BCUT2D eigenvalue weighted by Gasteiger charge is 2.00. The fraction of sp³-hybridized carbons (Fsp3) is 0. The maximum absolute atomic E-state index is 4.40. The van der Waals surface area contributed by atoms with Gasteiger partial charge in [-0.1, -0.05) is 36.9 Å². The van der Waals surface area contributed by atoms with Crippen LogP contribution in [-0.4, -0.2) is 4.98 Å². The summed E-state index contributed by atoms with van der Waals surface area (Å²) in [7, 11) is 0. The molecule has 0 fully saturated rings. The van der Waals surface area contributed by atoms with Crippen molar-refractivity contribution < 1.29 is 0 Å². The Kier molecular flexibility index (Phi) is 2.23. The first-order chi connectivity index (χ1) is 6.40. The highest BCUT2D eigenvalue weighted by molar-refractivity contribution is 7.10. The molecule has 0 unspecified atom stereocenters. The van der Waals surface area contributed by atoms with E-state index in [0.717, 1.165) is 16.3 Å². The van der Waals surface area contributed by atoms with E-state index in [4.69, 9.17) is 0 Å². The van der Waals surface area contributed by atoms with Gasteiger partial charge in [0.05, 0.1) is 5.69 Å². The summed E-state index contributed by atoms with van der Waals surface area (Å²) in [5.74, 6) is 0. The largest absolute Gasteiger partial charge is 0.237 e. The number of nitrogens with zero attached hydrogens (tertiary/aromatic N) is 1. The molecule has 1 aromatic carbocycles. The van der Waals surface area contributed by atoms with E-state index in [2.05, 4.69) is 23.7 Å². The van der Waals surface area contributed by atoms with E-state index in [1.165, 1.54) is 0 Å². The van der Waals surface area contributed by atoms with E-state index in [-0.39, 0.29) is 0 Å². The van der Waals surface area contributed by atoms with Crippen LogP contribution < -0.4 is 0 Å². The summed E-state index contributed by atoms with van der Waals surface area (Å²) in [6.45, 7) is 3.69. The topological polar surface area (TPSA) is 12.9 Å². The van der Waals surface area contributed by atoms with Crippen molar-refractivity contribution in [3.8, 4) is 11.3 Å². The minimum absolute atomic E-state index is 0.971. The van der Waals surface area contributed by atoms with Crippen molar-refractivity contribution in [2.75, 3.05) is 0 Å². The Hall–Kier alpha value is -1.41. The average Bonchev–Trinajstić information content (AvgIpc) is 2.67. The zero-order valence-electron chi connectivity index (χ0n) is 7.10. The normalized spacial score (nSPS) is 9.85. The lowest BCUT2D eigenvalue weighted by atomic mass is 10.2. The monoisotopic (exact) mass is 187 g/mol. The second-order valence-corrected chi connectivity index (χ2v) is 3.53.